The van der Waals surface area contributed by atoms with Gasteiger partial charge in [-0.1, -0.05) is 69.4 Å². The lowest BCUT2D eigenvalue weighted by Crippen LogP contribution is -2.30. The average Bonchev–Trinajstić information content (AvgIpc) is 3.32. The second kappa shape index (κ2) is 14.7. The van der Waals surface area contributed by atoms with Crippen molar-refractivity contribution in [2.24, 2.45) is 5.10 Å². The van der Waals surface area contributed by atoms with Crippen molar-refractivity contribution in [3.8, 4) is 0 Å². The van der Waals surface area contributed by atoms with Crippen LogP contribution >= 0.6 is 0 Å². The van der Waals surface area contributed by atoms with Gasteiger partial charge in [-0.15, -0.1) is 0 Å². The van der Waals surface area contributed by atoms with Gasteiger partial charge in [0.2, 0.25) is 0 Å². The van der Waals surface area contributed by atoms with Gasteiger partial charge in [-0.25, -0.2) is 4.79 Å². The van der Waals surface area contributed by atoms with Gasteiger partial charge < -0.3 is 10.0 Å². The lowest BCUT2D eigenvalue weighted by atomic mass is 9.98. The number of para-hydroxylation sites is 1. The first-order valence-corrected chi connectivity index (χ1v) is 13.2. The number of fused-ring (bicyclic) bond motifs is 1. The number of nitrogens with zero attached hydrogens (tertiary/aromatic N) is 3. The number of allylic oxidation sites excluding steroid dienone is 1. The molecular weight excluding hydrogens is 466 g/mol. The molecule has 0 spiro atoms. The molecule has 0 bridgehead atoms. The number of carbonyl (C=O) groups is 3. The Morgan fingerprint density at radius 3 is 2.51 bits per heavy atom. The van der Waals surface area contributed by atoms with Crippen molar-refractivity contribution in [3.05, 3.63) is 65.7 Å². The fraction of sp³-hybridized carbons (Fsp3) is 0.400. The van der Waals surface area contributed by atoms with Crippen molar-refractivity contribution >= 4 is 41.3 Å². The maximum Gasteiger partial charge on any atom is 0.352 e. The molecule has 2 heterocycles. The van der Waals surface area contributed by atoms with Crippen LogP contribution in [0.25, 0.3) is 6.08 Å². The third kappa shape index (κ3) is 8.41. The number of anilines is 2. The SMILES string of the molecule is CCCCCCCCN1CCCc2cc(/C=C/C=O)ccc21.O=C(O)C1=NN(c2ccccc2)C(=O)C1. The lowest BCUT2D eigenvalue weighted by Gasteiger charge is -2.31. The Kier molecular flexibility index (Phi) is 11.1. The minimum Gasteiger partial charge on any atom is -0.477 e. The van der Waals surface area contributed by atoms with Crippen molar-refractivity contribution in [2.75, 3.05) is 23.0 Å². The number of benzene rings is 2. The largest absolute Gasteiger partial charge is 0.477 e. The second-order valence-electron chi connectivity index (χ2n) is 9.31. The number of carboxylic acid groups (broad SMARTS) is 1. The van der Waals surface area contributed by atoms with Gasteiger partial charge in [0.25, 0.3) is 5.91 Å². The minimum atomic E-state index is -1.15. The topological polar surface area (TPSA) is 90.3 Å². The van der Waals surface area contributed by atoms with Crippen LogP contribution in [-0.4, -0.2) is 42.1 Å². The Morgan fingerprint density at radius 1 is 1.05 bits per heavy atom. The Labute approximate surface area is 219 Å². The number of carboxylic acids is 1. The summed E-state index contributed by atoms with van der Waals surface area (Å²) in [6.45, 7) is 4.64. The summed E-state index contributed by atoms with van der Waals surface area (Å²) in [5, 5.41) is 13.5. The van der Waals surface area contributed by atoms with Gasteiger partial charge in [-0.3, -0.25) is 9.59 Å². The Hall–Kier alpha value is -3.74. The number of hydrogen-bond acceptors (Lipinski definition) is 5. The lowest BCUT2D eigenvalue weighted by molar-refractivity contribution is -0.129. The van der Waals surface area contributed by atoms with Crippen LogP contribution in [-0.2, 0) is 20.8 Å². The van der Waals surface area contributed by atoms with E-state index in [-0.39, 0.29) is 18.0 Å². The molecule has 0 saturated carbocycles. The fourth-order valence-electron chi connectivity index (χ4n) is 4.58. The van der Waals surface area contributed by atoms with E-state index in [1.807, 2.05) is 12.1 Å². The summed E-state index contributed by atoms with van der Waals surface area (Å²) in [4.78, 5) is 35.0. The van der Waals surface area contributed by atoms with Crippen molar-refractivity contribution in [1.29, 1.82) is 0 Å². The molecule has 4 rings (SSSR count). The van der Waals surface area contributed by atoms with E-state index in [4.69, 9.17) is 5.11 Å². The van der Waals surface area contributed by atoms with Crippen molar-refractivity contribution in [3.63, 3.8) is 0 Å². The van der Waals surface area contributed by atoms with Crippen molar-refractivity contribution in [1.82, 2.24) is 0 Å². The van der Waals surface area contributed by atoms with Crippen LogP contribution in [0.5, 0.6) is 0 Å². The molecule has 0 aromatic heterocycles. The van der Waals surface area contributed by atoms with E-state index in [2.05, 4.69) is 35.1 Å². The van der Waals surface area contributed by atoms with Crippen LogP contribution in [0.3, 0.4) is 0 Å². The Morgan fingerprint density at radius 2 is 1.81 bits per heavy atom. The summed E-state index contributed by atoms with van der Waals surface area (Å²) in [5.74, 6) is -1.47. The maximum atomic E-state index is 11.4. The molecule has 2 aliphatic heterocycles. The molecule has 0 atom stereocenters. The first-order valence-electron chi connectivity index (χ1n) is 13.2. The number of aliphatic carboxylic acids is 1. The summed E-state index contributed by atoms with van der Waals surface area (Å²) in [5.41, 5.74) is 4.43. The van der Waals surface area contributed by atoms with Gasteiger partial charge in [-0.2, -0.15) is 10.1 Å². The van der Waals surface area contributed by atoms with E-state index >= 15 is 0 Å². The molecule has 1 N–H and O–H groups in total. The van der Waals surface area contributed by atoms with E-state index in [0.717, 1.165) is 23.3 Å². The van der Waals surface area contributed by atoms with Gasteiger partial charge in [0.15, 0.2) is 5.71 Å². The number of aryl methyl sites for hydroxylation is 1. The second-order valence-corrected chi connectivity index (χ2v) is 9.31. The first-order chi connectivity index (χ1) is 18.0. The van der Waals surface area contributed by atoms with Crippen LogP contribution in [0, 0.1) is 0 Å². The number of rotatable bonds is 11. The van der Waals surface area contributed by atoms with Crippen LogP contribution in [0.1, 0.15) is 69.4 Å². The molecule has 1 amide bonds. The van der Waals surface area contributed by atoms with Crippen LogP contribution < -0.4 is 9.91 Å². The van der Waals surface area contributed by atoms with Crippen molar-refractivity contribution < 1.29 is 19.5 Å². The van der Waals surface area contributed by atoms with Gasteiger partial charge >= 0.3 is 5.97 Å². The van der Waals surface area contributed by atoms with E-state index in [1.54, 1.807) is 30.3 Å². The molecule has 7 nitrogen and oxygen atoms in total. The smallest absolute Gasteiger partial charge is 0.352 e. The normalized spacial score (nSPS) is 14.7. The van der Waals surface area contributed by atoms with E-state index < -0.39 is 5.97 Å². The first kappa shape index (κ1) is 27.8. The van der Waals surface area contributed by atoms with Gasteiger partial charge in [0.1, 0.15) is 6.29 Å². The van der Waals surface area contributed by atoms with E-state index in [0.29, 0.717) is 5.69 Å². The number of hydrazone groups is 1. The number of aldehydes is 1. The minimum absolute atomic E-state index is 0.121. The summed E-state index contributed by atoms with van der Waals surface area (Å²) in [7, 11) is 0. The number of carbonyl (C=O) groups excluding carboxylic acids is 2. The molecular formula is C30H37N3O4. The van der Waals surface area contributed by atoms with Crippen molar-refractivity contribution in [2.45, 2.75) is 64.7 Å². The molecule has 7 heteroatoms. The summed E-state index contributed by atoms with van der Waals surface area (Å²) < 4.78 is 0. The molecule has 2 aromatic carbocycles. The zero-order chi connectivity index (χ0) is 26.5. The molecule has 0 saturated heterocycles. The van der Waals surface area contributed by atoms with Gasteiger partial charge in [0, 0.05) is 18.8 Å². The van der Waals surface area contributed by atoms with Crippen LogP contribution in [0.4, 0.5) is 11.4 Å². The summed E-state index contributed by atoms with van der Waals surface area (Å²) in [6, 6.07) is 15.3. The highest BCUT2D eigenvalue weighted by Crippen LogP contribution is 2.29. The summed E-state index contributed by atoms with van der Waals surface area (Å²) >= 11 is 0. The highest BCUT2D eigenvalue weighted by molar-refractivity contribution is 6.42. The Bertz CT molecular complexity index is 1110. The number of unbranched alkanes of at least 4 members (excludes halogenated alkanes) is 5. The standard InChI is InChI=1S/C20H29NO.C10H8N2O3/c1-2-3-4-5-6-7-14-21-15-8-11-19-17-18(10-9-16-22)12-13-20(19)21;13-9-6-8(10(14)15)11-12(9)7-4-2-1-3-5-7/h9-10,12-13,16-17H,2-8,11,14-15H2,1H3;1-5H,6H2,(H,14,15)/b10-9+;. The van der Waals surface area contributed by atoms with E-state index in [9.17, 15) is 14.4 Å². The van der Waals surface area contributed by atoms with E-state index in [1.165, 1.54) is 69.3 Å². The number of hydrogen-bond donors (Lipinski definition) is 1. The van der Waals surface area contributed by atoms with Crippen LogP contribution in [0.2, 0.25) is 0 Å². The molecule has 2 aromatic rings. The van der Waals surface area contributed by atoms with Gasteiger partial charge in [0.05, 0.1) is 12.1 Å². The highest BCUT2D eigenvalue weighted by Gasteiger charge is 2.28. The third-order valence-corrected chi connectivity index (χ3v) is 6.49. The predicted molar refractivity (Wildman–Crippen MR) is 149 cm³/mol. The molecule has 2 aliphatic rings. The predicted octanol–water partition coefficient (Wildman–Crippen LogP) is 5.88. The number of amides is 1. The molecule has 0 radical (unpaired) electrons. The fourth-order valence-corrected chi connectivity index (χ4v) is 4.58. The average molecular weight is 504 g/mol. The maximum absolute atomic E-state index is 11.4. The molecule has 0 unspecified atom stereocenters. The quantitative estimate of drug-likeness (QED) is 0.235. The molecule has 0 aliphatic carbocycles. The molecule has 196 valence electrons. The Balaban J connectivity index is 0.000000220. The third-order valence-electron chi connectivity index (χ3n) is 6.49. The highest BCUT2D eigenvalue weighted by atomic mass is 16.4. The monoisotopic (exact) mass is 503 g/mol. The zero-order valence-corrected chi connectivity index (χ0v) is 21.6. The van der Waals surface area contributed by atoms with Crippen LogP contribution in [0.15, 0.2) is 59.7 Å². The zero-order valence-electron chi connectivity index (χ0n) is 21.6. The summed E-state index contributed by atoms with van der Waals surface area (Å²) in [6.07, 6.45) is 14.7. The van der Waals surface area contributed by atoms with Gasteiger partial charge in [-0.05, 0) is 60.7 Å². The molecule has 37 heavy (non-hydrogen) atoms. The molecule has 0 fully saturated rings.